The van der Waals surface area contributed by atoms with Crippen molar-refractivity contribution in [3.63, 3.8) is 0 Å². The Kier molecular flexibility index (Phi) is 6.89. The fourth-order valence-electron chi connectivity index (χ4n) is 3.84. The molecule has 1 aliphatic rings. The maximum atomic E-state index is 11.8. The first kappa shape index (κ1) is 20.9. The number of esters is 1. The van der Waals surface area contributed by atoms with E-state index in [1.54, 1.807) is 13.2 Å². The third kappa shape index (κ3) is 5.36. The first-order chi connectivity index (χ1) is 14.0. The summed E-state index contributed by atoms with van der Waals surface area (Å²) in [5, 5.41) is 0. The predicted molar refractivity (Wildman–Crippen MR) is 118 cm³/mol. The van der Waals surface area contributed by atoms with E-state index in [-0.39, 0.29) is 5.97 Å². The fraction of sp³-hybridized carbons (Fsp3) is 0.320. The van der Waals surface area contributed by atoms with Crippen molar-refractivity contribution < 1.29 is 14.3 Å². The lowest BCUT2D eigenvalue weighted by Crippen LogP contribution is -2.24. The Balaban J connectivity index is 1.98. The molecule has 152 valence electrons. The summed E-state index contributed by atoms with van der Waals surface area (Å²) in [6.45, 7) is 1.01. The summed E-state index contributed by atoms with van der Waals surface area (Å²) in [6.07, 6.45) is 6.56. The third-order valence-electron chi connectivity index (χ3n) is 5.21. The molecule has 0 heterocycles. The van der Waals surface area contributed by atoms with Crippen LogP contribution in [0.25, 0.3) is 11.6 Å². The number of rotatable bonds is 6. The van der Waals surface area contributed by atoms with Gasteiger partial charge < -0.3 is 14.4 Å². The zero-order valence-electron chi connectivity index (χ0n) is 17.6. The quantitative estimate of drug-likeness (QED) is 0.655. The van der Waals surface area contributed by atoms with E-state index in [1.165, 1.54) is 23.8 Å². The lowest BCUT2D eigenvalue weighted by Gasteiger charge is -2.28. The molecule has 0 fully saturated rings. The van der Waals surface area contributed by atoms with Gasteiger partial charge in [-0.15, -0.1) is 0 Å². The fourth-order valence-corrected chi connectivity index (χ4v) is 3.84. The molecule has 0 amide bonds. The molecule has 0 aliphatic heterocycles. The zero-order valence-corrected chi connectivity index (χ0v) is 17.6. The number of allylic oxidation sites excluding steroid dienone is 2. The lowest BCUT2D eigenvalue weighted by molar-refractivity contribution is 0.0600. The number of benzene rings is 2. The minimum atomic E-state index is -0.312. The largest absolute Gasteiger partial charge is 0.497 e. The number of hydrogen-bond donors (Lipinski definition) is 0. The summed E-state index contributed by atoms with van der Waals surface area (Å²) >= 11 is 0. The van der Waals surface area contributed by atoms with E-state index < -0.39 is 0 Å². The summed E-state index contributed by atoms with van der Waals surface area (Å²) in [5.74, 6) is 1.03. The zero-order chi connectivity index (χ0) is 20.8. The minimum absolute atomic E-state index is 0.312. The van der Waals surface area contributed by atoms with Crippen LogP contribution in [0.15, 0.2) is 60.2 Å². The van der Waals surface area contributed by atoms with E-state index in [0.29, 0.717) is 11.5 Å². The molecule has 4 nitrogen and oxygen atoms in total. The van der Waals surface area contributed by atoms with E-state index in [4.69, 9.17) is 9.47 Å². The smallest absolute Gasteiger partial charge is 0.337 e. The van der Waals surface area contributed by atoms with Crippen molar-refractivity contribution in [1.29, 1.82) is 0 Å². The molecule has 1 aliphatic carbocycles. The molecule has 0 bridgehead atoms. The van der Waals surface area contributed by atoms with Crippen LogP contribution in [0.2, 0.25) is 0 Å². The molecular weight excluding hydrogens is 362 g/mol. The van der Waals surface area contributed by atoms with Crippen LogP contribution in [-0.4, -0.2) is 45.7 Å². The van der Waals surface area contributed by atoms with Gasteiger partial charge in [0.1, 0.15) is 5.75 Å². The van der Waals surface area contributed by atoms with Gasteiger partial charge in [-0.2, -0.15) is 0 Å². The Labute approximate surface area is 173 Å². The second-order valence-electron chi connectivity index (χ2n) is 7.67. The molecule has 2 aromatic rings. The number of carbonyl (C=O) groups excluding carboxylic acids is 1. The van der Waals surface area contributed by atoms with E-state index in [2.05, 4.69) is 43.3 Å². The molecule has 0 saturated carbocycles. The summed E-state index contributed by atoms with van der Waals surface area (Å²) in [6, 6.07) is 15.8. The van der Waals surface area contributed by atoms with Crippen molar-refractivity contribution in [2.24, 2.45) is 5.92 Å². The van der Waals surface area contributed by atoms with Gasteiger partial charge in [0.2, 0.25) is 0 Å². The topological polar surface area (TPSA) is 38.8 Å². The molecule has 0 aromatic heterocycles. The van der Waals surface area contributed by atoms with Crippen LogP contribution < -0.4 is 4.74 Å². The molecular formula is C25H29NO3. The molecule has 1 atom stereocenters. The van der Waals surface area contributed by atoms with Gasteiger partial charge in [-0.05, 0) is 79.4 Å². The number of methoxy groups -OCH3 is 2. The van der Waals surface area contributed by atoms with Crippen LogP contribution in [0, 0.1) is 5.92 Å². The summed E-state index contributed by atoms with van der Waals surface area (Å²) in [7, 11) is 7.34. The molecule has 4 heteroatoms. The van der Waals surface area contributed by atoms with E-state index in [1.807, 2.05) is 30.3 Å². The Hall–Kier alpha value is -2.85. The molecule has 0 unspecified atom stereocenters. The monoisotopic (exact) mass is 391 g/mol. The second kappa shape index (κ2) is 9.57. The van der Waals surface area contributed by atoms with E-state index in [0.717, 1.165) is 30.7 Å². The van der Waals surface area contributed by atoms with Crippen LogP contribution in [0.1, 0.15) is 34.3 Å². The average molecular weight is 392 g/mol. The van der Waals surface area contributed by atoms with Crippen LogP contribution in [0.4, 0.5) is 0 Å². The van der Waals surface area contributed by atoms with Crippen molar-refractivity contribution in [3.05, 3.63) is 76.9 Å². The SMILES string of the molecule is COC(=O)c1cccc(/C=C2/C=C(c3cccc(OC)c3)[C@@H](CN(C)C)CC2)c1. The molecule has 0 radical (unpaired) electrons. The van der Waals surface area contributed by atoms with E-state index in [9.17, 15) is 4.79 Å². The highest BCUT2D eigenvalue weighted by Crippen LogP contribution is 2.37. The standard InChI is InChI=1S/C25H29NO3/c1-26(2)17-22-12-11-19(13-18-7-5-9-21(14-18)25(27)29-4)15-24(22)20-8-6-10-23(16-20)28-3/h5-10,13-16,22H,11-12,17H2,1-4H3/b19-13+/t22-/m1/s1. The lowest BCUT2D eigenvalue weighted by atomic mass is 9.81. The first-order valence-electron chi connectivity index (χ1n) is 9.90. The van der Waals surface area contributed by atoms with Crippen molar-refractivity contribution in [1.82, 2.24) is 4.90 Å². The number of carbonyl (C=O) groups is 1. The molecule has 29 heavy (non-hydrogen) atoms. The van der Waals surface area contributed by atoms with Crippen molar-refractivity contribution in [3.8, 4) is 5.75 Å². The molecule has 0 N–H and O–H groups in total. The van der Waals surface area contributed by atoms with Gasteiger partial charge in [-0.1, -0.05) is 36.4 Å². The maximum absolute atomic E-state index is 11.8. The van der Waals surface area contributed by atoms with Gasteiger partial charge in [0, 0.05) is 6.54 Å². The first-order valence-corrected chi connectivity index (χ1v) is 9.90. The number of ether oxygens (including phenoxy) is 2. The Morgan fingerprint density at radius 3 is 2.66 bits per heavy atom. The predicted octanol–water partition coefficient (Wildman–Crippen LogP) is 4.92. The van der Waals surface area contributed by atoms with Crippen LogP contribution in [-0.2, 0) is 4.74 Å². The molecule has 0 spiro atoms. The highest BCUT2D eigenvalue weighted by atomic mass is 16.5. The van der Waals surface area contributed by atoms with Crippen molar-refractivity contribution in [2.45, 2.75) is 12.8 Å². The van der Waals surface area contributed by atoms with Gasteiger partial charge >= 0.3 is 5.97 Å². The molecule has 3 rings (SSSR count). The normalized spacial score (nSPS) is 17.9. The minimum Gasteiger partial charge on any atom is -0.497 e. The van der Waals surface area contributed by atoms with Gasteiger partial charge in [0.05, 0.1) is 19.8 Å². The highest BCUT2D eigenvalue weighted by Gasteiger charge is 2.22. The average Bonchev–Trinajstić information content (AvgIpc) is 2.74. The maximum Gasteiger partial charge on any atom is 0.337 e. The van der Waals surface area contributed by atoms with E-state index >= 15 is 0 Å². The number of nitrogens with zero attached hydrogens (tertiary/aromatic N) is 1. The van der Waals surface area contributed by atoms with Gasteiger partial charge in [0.15, 0.2) is 0 Å². The van der Waals surface area contributed by atoms with Gasteiger partial charge in [0.25, 0.3) is 0 Å². The third-order valence-corrected chi connectivity index (χ3v) is 5.21. The Morgan fingerprint density at radius 2 is 1.93 bits per heavy atom. The Bertz CT molecular complexity index is 927. The molecule has 0 saturated heterocycles. The van der Waals surface area contributed by atoms with Crippen LogP contribution >= 0.6 is 0 Å². The molecule has 2 aromatic carbocycles. The Morgan fingerprint density at radius 1 is 1.14 bits per heavy atom. The number of hydrogen-bond acceptors (Lipinski definition) is 4. The summed E-state index contributed by atoms with van der Waals surface area (Å²) in [5.41, 5.74) is 5.37. The van der Waals surface area contributed by atoms with Gasteiger partial charge in [-0.25, -0.2) is 4.79 Å². The van der Waals surface area contributed by atoms with Crippen LogP contribution in [0.5, 0.6) is 5.75 Å². The van der Waals surface area contributed by atoms with Crippen LogP contribution in [0.3, 0.4) is 0 Å². The van der Waals surface area contributed by atoms with Gasteiger partial charge in [-0.3, -0.25) is 0 Å². The van der Waals surface area contributed by atoms with Crippen molar-refractivity contribution >= 4 is 17.6 Å². The summed E-state index contributed by atoms with van der Waals surface area (Å²) in [4.78, 5) is 14.1. The second-order valence-corrected chi connectivity index (χ2v) is 7.67. The van der Waals surface area contributed by atoms with Crippen molar-refractivity contribution in [2.75, 3.05) is 34.9 Å². The highest BCUT2D eigenvalue weighted by molar-refractivity contribution is 5.90. The summed E-state index contributed by atoms with van der Waals surface area (Å²) < 4.78 is 10.3.